The molecule has 2 fully saturated rings. The zero-order valence-corrected chi connectivity index (χ0v) is 19.2. The summed E-state index contributed by atoms with van der Waals surface area (Å²) in [6.07, 6.45) is 7.32. The van der Waals surface area contributed by atoms with Crippen molar-refractivity contribution < 1.29 is 9.47 Å². The molecule has 0 amide bonds. The maximum absolute atomic E-state index is 6.20. The Bertz CT molecular complexity index is 1150. The van der Waals surface area contributed by atoms with Crippen LogP contribution in [0.3, 0.4) is 0 Å². The van der Waals surface area contributed by atoms with Crippen LogP contribution < -0.4 is 9.47 Å². The molecule has 1 aromatic heterocycles. The summed E-state index contributed by atoms with van der Waals surface area (Å²) in [6.45, 7) is 7.19. The topological polar surface area (TPSA) is 31.4 Å². The van der Waals surface area contributed by atoms with E-state index in [0.29, 0.717) is 12.7 Å². The van der Waals surface area contributed by atoms with E-state index in [2.05, 4.69) is 68.2 Å². The standard InChI is InChI=1S/C29H31NO2/c1-17-7-24(8-17)32-25-9-18(2)29(19(3)10-25)21-6-4-5-20(11-21)16-31-28-14-23-12-22-13-26(22)27(23)15-30-28/h4-6,9-11,14-15,17,22,24,26H,7-8,12-13,16H2,1-3H3. The van der Waals surface area contributed by atoms with Crippen LogP contribution >= 0.6 is 0 Å². The van der Waals surface area contributed by atoms with Gasteiger partial charge in [-0.3, -0.25) is 0 Å². The molecule has 3 heteroatoms. The lowest BCUT2D eigenvalue weighted by atomic mass is 9.84. The molecule has 1 heterocycles. The number of hydrogen-bond donors (Lipinski definition) is 0. The number of nitrogens with zero attached hydrogens (tertiary/aromatic N) is 1. The number of hydrogen-bond acceptors (Lipinski definition) is 3. The third-order valence-electron chi connectivity index (χ3n) is 7.55. The highest BCUT2D eigenvalue weighted by Gasteiger charge is 2.45. The molecular formula is C29H31NO2. The van der Waals surface area contributed by atoms with Crippen LogP contribution in [-0.2, 0) is 13.0 Å². The van der Waals surface area contributed by atoms with Crippen LogP contribution in [0, 0.1) is 25.7 Å². The van der Waals surface area contributed by atoms with Gasteiger partial charge in [-0.2, -0.15) is 0 Å². The van der Waals surface area contributed by atoms with Crippen molar-refractivity contribution in [2.45, 2.75) is 65.1 Å². The molecule has 2 atom stereocenters. The second-order valence-electron chi connectivity index (χ2n) is 10.3. The van der Waals surface area contributed by atoms with Gasteiger partial charge in [0.25, 0.3) is 0 Å². The maximum atomic E-state index is 6.20. The van der Waals surface area contributed by atoms with E-state index in [0.717, 1.165) is 34.9 Å². The summed E-state index contributed by atoms with van der Waals surface area (Å²) in [7, 11) is 0. The molecule has 2 saturated carbocycles. The fraction of sp³-hybridized carbons (Fsp3) is 0.414. The summed E-state index contributed by atoms with van der Waals surface area (Å²) >= 11 is 0. The van der Waals surface area contributed by atoms with Crippen molar-refractivity contribution in [2.24, 2.45) is 11.8 Å². The summed E-state index contributed by atoms with van der Waals surface area (Å²) in [6, 6.07) is 15.2. The Hall–Kier alpha value is -2.81. The summed E-state index contributed by atoms with van der Waals surface area (Å²) in [5.41, 5.74) is 9.08. The number of aromatic nitrogens is 1. The highest BCUT2D eigenvalue weighted by Crippen LogP contribution is 2.56. The normalized spacial score (nSPS) is 25.0. The summed E-state index contributed by atoms with van der Waals surface area (Å²) in [5, 5.41) is 0. The fourth-order valence-electron chi connectivity index (χ4n) is 5.75. The van der Waals surface area contributed by atoms with Gasteiger partial charge in [0.15, 0.2) is 0 Å². The van der Waals surface area contributed by atoms with E-state index in [4.69, 9.17) is 9.47 Å². The number of fused-ring (bicyclic) bond motifs is 3. The minimum Gasteiger partial charge on any atom is -0.490 e. The lowest BCUT2D eigenvalue weighted by Crippen LogP contribution is -2.31. The Balaban J connectivity index is 1.17. The first-order valence-electron chi connectivity index (χ1n) is 12.0. The van der Waals surface area contributed by atoms with E-state index in [9.17, 15) is 0 Å². The SMILES string of the molecule is Cc1cc(OC2CC(C)C2)cc(C)c1-c1cccc(COc2cc3c(cn2)C2CC2C3)c1. The molecular weight excluding hydrogens is 394 g/mol. The lowest BCUT2D eigenvalue weighted by molar-refractivity contribution is 0.0738. The second kappa shape index (κ2) is 7.65. The molecule has 2 aromatic carbocycles. The van der Waals surface area contributed by atoms with E-state index in [1.165, 1.54) is 59.1 Å². The van der Waals surface area contributed by atoms with E-state index in [1.54, 1.807) is 0 Å². The molecule has 0 bridgehead atoms. The summed E-state index contributed by atoms with van der Waals surface area (Å²) in [5.74, 6) is 4.20. The number of ether oxygens (including phenoxy) is 2. The highest BCUT2D eigenvalue weighted by molar-refractivity contribution is 5.72. The van der Waals surface area contributed by atoms with E-state index < -0.39 is 0 Å². The molecule has 0 saturated heterocycles. The third-order valence-corrected chi connectivity index (χ3v) is 7.55. The number of benzene rings is 2. The van der Waals surface area contributed by atoms with Crippen molar-refractivity contribution >= 4 is 0 Å². The lowest BCUT2D eigenvalue weighted by Gasteiger charge is -2.33. The molecule has 0 spiro atoms. The van der Waals surface area contributed by atoms with Gasteiger partial charge in [-0.25, -0.2) is 4.98 Å². The number of aryl methyl sites for hydroxylation is 2. The Labute approximate surface area is 190 Å². The molecule has 2 unspecified atom stereocenters. The Morgan fingerprint density at radius 2 is 1.81 bits per heavy atom. The molecule has 3 nitrogen and oxygen atoms in total. The van der Waals surface area contributed by atoms with E-state index in [1.807, 2.05) is 6.20 Å². The minimum absolute atomic E-state index is 0.383. The Morgan fingerprint density at radius 3 is 2.59 bits per heavy atom. The first-order chi connectivity index (χ1) is 15.5. The van der Waals surface area contributed by atoms with Crippen LogP contribution in [0.5, 0.6) is 11.6 Å². The van der Waals surface area contributed by atoms with Gasteiger partial charge in [0, 0.05) is 12.3 Å². The predicted molar refractivity (Wildman–Crippen MR) is 127 cm³/mol. The first kappa shape index (κ1) is 19.8. The van der Waals surface area contributed by atoms with Gasteiger partial charge in [-0.15, -0.1) is 0 Å². The van der Waals surface area contributed by atoms with E-state index in [-0.39, 0.29) is 0 Å². The zero-order valence-electron chi connectivity index (χ0n) is 19.2. The number of rotatable bonds is 6. The second-order valence-corrected chi connectivity index (χ2v) is 10.3. The molecule has 0 aliphatic heterocycles. The third kappa shape index (κ3) is 3.68. The summed E-state index contributed by atoms with van der Waals surface area (Å²) in [4.78, 5) is 4.56. The first-order valence-corrected chi connectivity index (χ1v) is 12.0. The molecule has 0 radical (unpaired) electrons. The maximum Gasteiger partial charge on any atom is 0.213 e. The van der Waals surface area contributed by atoms with E-state index >= 15 is 0 Å². The average molecular weight is 426 g/mol. The monoisotopic (exact) mass is 425 g/mol. The fourth-order valence-corrected chi connectivity index (χ4v) is 5.75. The van der Waals surface area contributed by atoms with Gasteiger partial charge in [0.05, 0.1) is 6.10 Å². The van der Waals surface area contributed by atoms with Gasteiger partial charge in [0.2, 0.25) is 5.88 Å². The van der Waals surface area contributed by atoms with Gasteiger partial charge in [-0.1, -0.05) is 25.1 Å². The molecule has 6 rings (SSSR count). The zero-order chi connectivity index (χ0) is 21.8. The van der Waals surface area contributed by atoms with Gasteiger partial charge >= 0.3 is 0 Å². The van der Waals surface area contributed by atoms with Crippen molar-refractivity contribution in [3.8, 4) is 22.8 Å². The van der Waals surface area contributed by atoms with Crippen molar-refractivity contribution in [1.29, 1.82) is 0 Å². The number of pyridine rings is 1. The molecule has 32 heavy (non-hydrogen) atoms. The van der Waals surface area contributed by atoms with Crippen molar-refractivity contribution in [1.82, 2.24) is 4.98 Å². The van der Waals surface area contributed by atoms with Crippen LogP contribution in [-0.4, -0.2) is 11.1 Å². The smallest absolute Gasteiger partial charge is 0.213 e. The minimum atomic E-state index is 0.383. The van der Waals surface area contributed by atoms with Crippen LogP contribution in [0.15, 0.2) is 48.7 Å². The molecule has 3 aromatic rings. The van der Waals surface area contributed by atoms with Crippen molar-refractivity contribution in [3.63, 3.8) is 0 Å². The molecule has 3 aliphatic rings. The van der Waals surface area contributed by atoms with Crippen LogP contribution in [0.4, 0.5) is 0 Å². The largest absolute Gasteiger partial charge is 0.490 e. The molecule has 164 valence electrons. The van der Waals surface area contributed by atoms with Gasteiger partial charge in [0.1, 0.15) is 12.4 Å². The van der Waals surface area contributed by atoms with Crippen molar-refractivity contribution in [3.05, 3.63) is 76.5 Å². The quantitative estimate of drug-likeness (QED) is 0.436. The molecule has 0 N–H and O–H groups in total. The van der Waals surface area contributed by atoms with Gasteiger partial charge < -0.3 is 9.47 Å². The predicted octanol–water partition coefficient (Wildman–Crippen LogP) is 6.78. The van der Waals surface area contributed by atoms with Crippen molar-refractivity contribution in [2.75, 3.05) is 0 Å². The van der Waals surface area contributed by atoms with Crippen LogP contribution in [0.25, 0.3) is 11.1 Å². The van der Waals surface area contributed by atoms with Crippen LogP contribution in [0.2, 0.25) is 0 Å². The van der Waals surface area contributed by atoms with Gasteiger partial charge in [-0.05, 0) is 114 Å². The van der Waals surface area contributed by atoms with Crippen LogP contribution in [0.1, 0.15) is 59.9 Å². The Kier molecular flexibility index (Phi) is 4.74. The average Bonchev–Trinajstić information content (AvgIpc) is 3.42. The highest BCUT2D eigenvalue weighted by atomic mass is 16.5. The molecule has 3 aliphatic carbocycles. The summed E-state index contributed by atoms with van der Waals surface area (Å²) < 4.78 is 12.3. The Morgan fingerprint density at radius 1 is 1.00 bits per heavy atom.